The molecule has 86 valence electrons. The molecule has 2 aliphatic heterocycles. The van der Waals surface area contributed by atoms with E-state index in [1.165, 1.54) is 19.4 Å². The van der Waals surface area contributed by atoms with Crippen LogP contribution in [0.1, 0.15) is 39.5 Å². The Labute approximate surface area is 92.4 Å². The minimum atomic E-state index is 0.380. The summed E-state index contributed by atoms with van der Waals surface area (Å²) >= 11 is 0. The number of piperidine rings is 1. The van der Waals surface area contributed by atoms with E-state index in [2.05, 4.69) is 23.6 Å². The number of amides is 1. The van der Waals surface area contributed by atoms with Gasteiger partial charge in [-0.15, -0.1) is 0 Å². The van der Waals surface area contributed by atoms with Crippen molar-refractivity contribution in [2.75, 3.05) is 19.6 Å². The van der Waals surface area contributed by atoms with E-state index >= 15 is 0 Å². The molecule has 0 saturated carbocycles. The topological polar surface area (TPSA) is 23.6 Å². The van der Waals surface area contributed by atoms with Crippen LogP contribution in [0.25, 0.3) is 0 Å². The number of rotatable bonds is 2. The monoisotopic (exact) mass is 210 g/mol. The van der Waals surface area contributed by atoms with Crippen LogP contribution < -0.4 is 0 Å². The SMILES string of the molecule is CC(C)N1CCC[C@H](N2CCCC2=O)C1. The molecule has 0 N–H and O–H groups in total. The number of carbonyl (C=O) groups excluding carboxylic acids is 1. The molecule has 0 spiro atoms. The lowest BCUT2D eigenvalue weighted by Crippen LogP contribution is -2.50. The van der Waals surface area contributed by atoms with Crippen LogP contribution >= 0.6 is 0 Å². The normalized spacial score (nSPS) is 29.1. The predicted octanol–water partition coefficient (Wildman–Crippen LogP) is 1.48. The zero-order valence-corrected chi connectivity index (χ0v) is 9.91. The standard InChI is InChI=1S/C12H22N2O/c1-10(2)13-7-3-5-11(9-13)14-8-4-6-12(14)15/h10-11H,3-9H2,1-2H3/t11-/m0/s1. The molecule has 1 atom stereocenters. The Morgan fingerprint density at radius 2 is 2.07 bits per heavy atom. The highest BCUT2D eigenvalue weighted by molar-refractivity contribution is 5.78. The van der Waals surface area contributed by atoms with Crippen LogP contribution in [-0.2, 0) is 4.79 Å². The van der Waals surface area contributed by atoms with Gasteiger partial charge < -0.3 is 4.90 Å². The molecule has 2 rings (SSSR count). The van der Waals surface area contributed by atoms with Gasteiger partial charge in [-0.3, -0.25) is 9.69 Å². The summed E-state index contributed by atoms with van der Waals surface area (Å²) in [5.74, 6) is 0.380. The lowest BCUT2D eigenvalue weighted by molar-refractivity contribution is -0.130. The number of hydrogen-bond acceptors (Lipinski definition) is 2. The Morgan fingerprint density at radius 3 is 2.67 bits per heavy atom. The first-order valence-corrected chi connectivity index (χ1v) is 6.22. The van der Waals surface area contributed by atoms with Crippen molar-refractivity contribution in [1.29, 1.82) is 0 Å². The molecular formula is C12H22N2O. The molecule has 0 bridgehead atoms. The third-order valence-corrected chi connectivity index (χ3v) is 3.71. The first-order valence-electron chi connectivity index (χ1n) is 6.22. The molecule has 15 heavy (non-hydrogen) atoms. The quantitative estimate of drug-likeness (QED) is 0.689. The summed E-state index contributed by atoms with van der Waals surface area (Å²) in [4.78, 5) is 16.3. The van der Waals surface area contributed by atoms with Gasteiger partial charge in [0.1, 0.15) is 0 Å². The highest BCUT2D eigenvalue weighted by Crippen LogP contribution is 2.22. The summed E-state index contributed by atoms with van der Waals surface area (Å²) in [7, 11) is 0. The smallest absolute Gasteiger partial charge is 0.222 e. The number of hydrogen-bond donors (Lipinski definition) is 0. The molecule has 0 aromatic carbocycles. The minimum Gasteiger partial charge on any atom is -0.338 e. The van der Waals surface area contributed by atoms with Crippen molar-refractivity contribution in [1.82, 2.24) is 9.80 Å². The Hall–Kier alpha value is -0.570. The van der Waals surface area contributed by atoms with Crippen molar-refractivity contribution in [2.45, 2.75) is 51.6 Å². The van der Waals surface area contributed by atoms with Gasteiger partial charge in [0.2, 0.25) is 5.91 Å². The lowest BCUT2D eigenvalue weighted by Gasteiger charge is -2.39. The van der Waals surface area contributed by atoms with Crippen molar-refractivity contribution in [3.05, 3.63) is 0 Å². The van der Waals surface area contributed by atoms with Gasteiger partial charge in [0.25, 0.3) is 0 Å². The van der Waals surface area contributed by atoms with Crippen LogP contribution in [0.2, 0.25) is 0 Å². The van der Waals surface area contributed by atoms with E-state index in [4.69, 9.17) is 0 Å². The highest BCUT2D eigenvalue weighted by atomic mass is 16.2. The van der Waals surface area contributed by atoms with E-state index < -0.39 is 0 Å². The van der Waals surface area contributed by atoms with Crippen LogP contribution in [0.15, 0.2) is 0 Å². The van der Waals surface area contributed by atoms with Crippen molar-refractivity contribution in [2.24, 2.45) is 0 Å². The molecule has 0 aromatic heterocycles. The van der Waals surface area contributed by atoms with Crippen molar-refractivity contribution >= 4 is 5.91 Å². The van der Waals surface area contributed by atoms with Gasteiger partial charge in [0.15, 0.2) is 0 Å². The molecule has 0 aliphatic carbocycles. The highest BCUT2D eigenvalue weighted by Gasteiger charge is 2.31. The largest absolute Gasteiger partial charge is 0.338 e. The Kier molecular flexibility index (Phi) is 3.29. The third kappa shape index (κ3) is 2.33. The second-order valence-corrected chi connectivity index (χ2v) is 5.08. The van der Waals surface area contributed by atoms with E-state index in [-0.39, 0.29) is 0 Å². The number of likely N-dealkylation sites (tertiary alicyclic amines) is 2. The van der Waals surface area contributed by atoms with Crippen LogP contribution in [0, 0.1) is 0 Å². The first kappa shape index (κ1) is 10.9. The van der Waals surface area contributed by atoms with E-state index in [0.717, 1.165) is 25.9 Å². The van der Waals surface area contributed by atoms with Gasteiger partial charge in [-0.1, -0.05) is 0 Å². The summed E-state index contributed by atoms with van der Waals surface area (Å²) in [5, 5.41) is 0. The molecule has 1 amide bonds. The molecule has 0 radical (unpaired) electrons. The summed E-state index contributed by atoms with van der Waals surface area (Å²) in [5.41, 5.74) is 0. The first-order chi connectivity index (χ1) is 7.18. The molecule has 2 saturated heterocycles. The summed E-state index contributed by atoms with van der Waals surface area (Å²) in [6, 6.07) is 1.11. The molecule has 0 aromatic rings. The van der Waals surface area contributed by atoms with Gasteiger partial charge in [0.05, 0.1) is 0 Å². The molecule has 2 heterocycles. The predicted molar refractivity (Wildman–Crippen MR) is 60.7 cm³/mol. The Bertz CT molecular complexity index is 240. The van der Waals surface area contributed by atoms with Gasteiger partial charge in [-0.25, -0.2) is 0 Å². The summed E-state index contributed by atoms with van der Waals surface area (Å²) in [6.07, 6.45) is 4.29. The number of nitrogens with zero attached hydrogens (tertiary/aromatic N) is 2. The van der Waals surface area contributed by atoms with Crippen LogP contribution in [-0.4, -0.2) is 47.4 Å². The zero-order valence-electron chi connectivity index (χ0n) is 9.91. The fraction of sp³-hybridized carbons (Fsp3) is 0.917. The van der Waals surface area contributed by atoms with E-state index in [9.17, 15) is 4.79 Å². The van der Waals surface area contributed by atoms with E-state index in [1.807, 2.05) is 0 Å². The van der Waals surface area contributed by atoms with E-state index in [0.29, 0.717) is 18.0 Å². The van der Waals surface area contributed by atoms with Crippen molar-refractivity contribution < 1.29 is 4.79 Å². The maximum absolute atomic E-state index is 11.7. The maximum Gasteiger partial charge on any atom is 0.222 e. The van der Waals surface area contributed by atoms with Crippen LogP contribution in [0.4, 0.5) is 0 Å². The molecule has 3 nitrogen and oxygen atoms in total. The lowest BCUT2D eigenvalue weighted by atomic mass is 10.0. The second-order valence-electron chi connectivity index (χ2n) is 5.08. The summed E-state index contributed by atoms with van der Waals surface area (Å²) in [6.45, 7) is 7.78. The second kappa shape index (κ2) is 4.52. The Morgan fingerprint density at radius 1 is 1.27 bits per heavy atom. The van der Waals surface area contributed by atoms with Crippen molar-refractivity contribution in [3.8, 4) is 0 Å². The van der Waals surface area contributed by atoms with E-state index in [1.54, 1.807) is 0 Å². The summed E-state index contributed by atoms with van der Waals surface area (Å²) < 4.78 is 0. The fourth-order valence-electron chi connectivity index (χ4n) is 2.76. The average molecular weight is 210 g/mol. The molecule has 2 aliphatic rings. The minimum absolute atomic E-state index is 0.380. The maximum atomic E-state index is 11.7. The van der Waals surface area contributed by atoms with Gasteiger partial charge in [-0.2, -0.15) is 0 Å². The van der Waals surface area contributed by atoms with Crippen molar-refractivity contribution in [3.63, 3.8) is 0 Å². The average Bonchev–Trinajstić information content (AvgIpc) is 2.64. The van der Waals surface area contributed by atoms with Crippen LogP contribution in [0.3, 0.4) is 0 Å². The third-order valence-electron chi connectivity index (χ3n) is 3.71. The zero-order chi connectivity index (χ0) is 10.8. The molecular weight excluding hydrogens is 188 g/mol. The molecule has 0 unspecified atom stereocenters. The van der Waals surface area contributed by atoms with Gasteiger partial charge in [0, 0.05) is 31.6 Å². The number of carbonyl (C=O) groups is 1. The fourth-order valence-corrected chi connectivity index (χ4v) is 2.76. The van der Waals surface area contributed by atoms with Gasteiger partial charge in [-0.05, 0) is 39.7 Å². The Balaban J connectivity index is 1.94. The molecule has 3 heteroatoms. The van der Waals surface area contributed by atoms with Crippen LogP contribution in [0.5, 0.6) is 0 Å². The van der Waals surface area contributed by atoms with Gasteiger partial charge >= 0.3 is 0 Å². The molecule has 2 fully saturated rings.